The van der Waals surface area contributed by atoms with Crippen LogP contribution in [0.25, 0.3) is 22.0 Å². The van der Waals surface area contributed by atoms with Gasteiger partial charge in [-0.2, -0.15) is 0 Å². The summed E-state index contributed by atoms with van der Waals surface area (Å²) in [4.78, 5) is 5.67. The Labute approximate surface area is 295 Å². The van der Waals surface area contributed by atoms with Crippen molar-refractivity contribution in [1.29, 1.82) is 0 Å². The van der Waals surface area contributed by atoms with E-state index in [2.05, 4.69) is 221 Å². The zero-order valence-electron chi connectivity index (χ0n) is 27.5. The maximum Gasteiger partial charge on any atom is 0.319 e. The van der Waals surface area contributed by atoms with Crippen LogP contribution in [0.15, 0.2) is 212 Å². The number of aromatic nitrogens is 1. The van der Waals surface area contributed by atoms with Crippen molar-refractivity contribution in [1.82, 2.24) is 4.98 Å². The van der Waals surface area contributed by atoms with Crippen LogP contribution in [0.2, 0.25) is 0 Å². The molecule has 0 spiro atoms. The normalized spacial score (nSPS) is 14.6. The molecule has 0 saturated carbocycles. The summed E-state index contributed by atoms with van der Waals surface area (Å²) in [5.41, 5.74) is 4.58. The predicted molar refractivity (Wildman–Crippen MR) is 214 cm³/mol. The number of nitrogens with zero attached hydrogens (tertiary/aromatic N) is 3. The van der Waals surface area contributed by atoms with Gasteiger partial charge in [0.2, 0.25) is 0 Å². The molecule has 0 atom stereocenters. The quantitative estimate of drug-likeness (QED) is 0.162. The highest BCUT2D eigenvalue weighted by Gasteiger charge is 2.75. The van der Waals surface area contributed by atoms with Gasteiger partial charge < -0.3 is 8.46 Å². The lowest BCUT2D eigenvalue weighted by atomic mass is 10.0. The fraction of sp³-hybridized carbons (Fsp3) is 0. The summed E-state index contributed by atoms with van der Waals surface area (Å²) in [6.07, 6.45) is 0. The number of rotatable bonds is 7. The molecule has 7 aromatic carbocycles. The van der Waals surface area contributed by atoms with E-state index in [1.807, 2.05) is 0 Å². The van der Waals surface area contributed by atoms with E-state index in [1.165, 1.54) is 37.6 Å². The van der Waals surface area contributed by atoms with Crippen molar-refractivity contribution in [2.24, 2.45) is 0 Å². The first-order valence-electron chi connectivity index (χ1n) is 17.2. The number of anilines is 2. The van der Waals surface area contributed by atoms with Gasteiger partial charge >= 0.3 is 16.8 Å². The van der Waals surface area contributed by atoms with Gasteiger partial charge in [0.1, 0.15) is 5.82 Å². The molecule has 1 aliphatic rings. The molecule has 8 aromatic rings. The highest BCUT2D eigenvalue weighted by molar-refractivity contribution is 7.38. The van der Waals surface area contributed by atoms with Gasteiger partial charge in [-0.1, -0.05) is 182 Å². The van der Waals surface area contributed by atoms with Crippen LogP contribution >= 0.6 is 0 Å². The van der Waals surface area contributed by atoms with Crippen LogP contribution in [0.3, 0.4) is 0 Å². The van der Waals surface area contributed by atoms with E-state index < -0.39 is 16.8 Å². The van der Waals surface area contributed by atoms with Crippen LogP contribution in [-0.4, -0.2) is 21.8 Å². The van der Waals surface area contributed by atoms with Crippen LogP contribution in [0.1, 0.15) is 0 Å². The first-order valence-corrected chi connectivity index (χ1v) is 20.9. The molecular formula is C45H35N3Si2. The fourth-order valence-corrected chi connectivity index (χ4v) is 23.1. The van der Waals surface area contributed by atoms with Crippen molar-refractivity contribution in [3.05, 3.63) is 212 Å². The van der Waals surface area contributed by atoms with Crippen molar-refractivity contribution >= 4 is 59.9 Å². The van der Waals surface area contributed by atoms with Crippen molar-refractivity contribution in [2.75, 3.05) is 8.46 Å². The Kier molecular flexibility index (Phi) is 7.49. The van der Waals surface area contributed by atoms with E-state index >= 15 is 0 Å². The second-order valence-electron chi connectivity index (χ2n) is 12.8. The smallest absolute Gasteiger partial charge is 0.319 e. The van der Waals surface area contributed by atoms with E-state index in [0.717, 1.165) is 16.7 Å². The van der Waals surface area contributed by atoms with E-state index in [1.54, 1.807) is 0 Å². The second kappa shape index (κ2) is 12.5. The Morgan fingerprint density at radius 1 is 0.340 bits per heavy atom. The molecule has 0 bridgehead atoms. The molecular weight excluding hydrogens is 639 g/mol. The van der Waals surface area contributed by atoms with E-state index in [-0.39, 0.29) is 0 Å². The standard InChI is InChI=1S/C45H35N3Si2/c1-7-19-36(20-8-1)38-32-31-37-33-34-45(46-44(37)35-38)48-49(40-23-11-3-12-24-40,41-25-13-4-14-26-41)47(39-21-9-2-10-22-39)50(48,42-27-15-5-16-28-42)43-29-17-6-18-30-43/h1-35H. The third kappa shape index (κ3) is 4.59. The van der Waals surface area contributed by atoms with E-state index in [9.17, 15) is 0 Å². The average molecular weight is 674 g/mol. The monoisotopic (exact) mass is 673 g/mol. The van der Waals surface area contributed by atoms with Crippen molar-refractivity contribution in [2.45, 2.75) is 0 Å². The van der Waals surface area contributed by atoms with E-state index in [0.29, 0.717) is 0 Å². The first-order chi connectivity index (χ1) is 24.8. The first kappa shape index (κ1) is 30.1. The van der Waals surface area contributed by atoms with Crippen molar-refractivity contribution in [3.63, 3.8) is 0 Å². The number of benzene rings is 7. The summed E-state index contributed by atoms with van der Waals surface area (Å²) in [6.45, 7) is 0. The Morgan fingerprint density at radius 2 is 0.740 bits per heavy atom. The molecule has 50 heavy (non-hydrogen) atoms. The SMILES string of the molecule is c1ccc(-c2ccc3ccc(N4[Si](c5ccccc5)(c5ccccc5)N(c5ccccc5)[Si]4(c4ccccc4)c4ccccc4)nc3c2)cc1. The zero-order valence-corrected chi connectivity index (χ0v) is 29.5. The molecule has 3 nitrogen and oxygen atoms in total. The summed E-state index contributed by atoms with van der Waals surface area (Å²) in [5, 5.41) is 6.43. The second-order valence-corrected chi connectivity index (χ2v) is 20.4. The average Bonchev–Trinajstić information content (AvgIpc) is 3.20. The Balaban J connectivity index is 1.42. The molecule has 5 heteroatoms. The highest BCUT2D eigenvalue weighted by atomic mass is 28.5. The summed E-state index contributed by atoms with van der Waals surface area (Å²) in [6, 6.07) is 77.7. The Bertz CT molecular complexity index is 2200. The molecule has 0 N–H and O–H groups in total. The number of pyridine rings is 1. The van der Waals surface area contributed by atoms with Gasteiger partial charge in [-0.3, -0.25) is 0 Å². The Morgan fingerprint density at radius 3 is 1.20 bits per heavy atom. The molecule has 238 valence electrons. The van der Waals surface area contributed by atoms with Crippen LogP contribution in [0.4, 0.5) is 11.5 Å². The van der Waals surface area contributed by atoms with Gasteiger partial charge in [0.05, 0.1) is 5.52 Å². The van der Waals surface area contributed by atoms with Crippen molar-refractivity contribution < 1.29 is 0 Å². The van der Waals surface area contributed by atoms with Crippen LogP contribution < -0.4 is 29.2 Å². The topological polar surface area (TPSA) is 19.4 Å². The summed E-state index contributed by atoms with van der Waals surface area (Å²) < 4.78 is 5.73. The molecule has 0 amide bonds. The van der Waals surface area contributed by atoms with Crippen LogP contribution in [-0.2, 0) is 0 Å². The lowest BCUT2D eigenvalue weighted by Crippen LogP contribution is -3.07. The molecule has 9 rings (SSSR count). The maximum absolute atomic E-state index is 5.67. The summed E-state index contributed by atoms with van der Waals surface area (Å²) in [5.74, 6) is 1.01. The molecule has 0 aliphatic carbocycles. The van der Waals surface area contributed by atoms with Gasteiger partial charge in [-0.25, -0.2) is 4.98 Å². The minimum atomic E-state index is -3.04. The van der Waals surface area contributed by atoms with Gasteiger partial charge in [0, 0.05) is 11.1 Å². The van der Waals surface area contributed by atoms with Gasteiger partial charge in [-0.05, 0) is 62.2 Å². The van der Waals surface area contributed by atoms with Gasteiger partial charge in [0.15, 0.2) is 0 Å². The lowest BCUT2D eigenvalue weighted by Gasteiger charge is -2.72. The fourth-order valence-electron chi connectivity index (χ4n) is 8.00. The number of para-hydroxylation sites is 1. The number of hydrogen-bond acceptors (Lipinski definition) is 3. The minimum absolute atomic E-state index is 0.995. The lowest BCUT2D eigenvalue weighted by molar-refractivity contribution is 1.17. The van der Waals surface area contributed by atoms with Crippen molar-refractivity contribution in [3.8, 4) is 11.1 Å². The molecule has 0 unspecified atom stereocenters. The number of hydrogen-bond donors (Lipinski definition) is 0. The maximum atomic E-state index is 5.67. The largest absolute Gasteiger partial charge is 0.378 e. The number of fused-ring (bicyclic) bond motifs is 1. The molecule has 1 saturated heterocycles. The minimum Gasteiger partial charge on any atom is -0.378 e. The van der Waals surface area contributed by atoms with Gasteiger partial charge in [-0.15, -0.1) is 0 Å². The molecule has 1 aliphatic heterocycles. The molecule has 1 aromatic heterocycles. The third-order valence-electron chi connectivity index (χ3n) is 10.0. The zero-order chi connectivity index (χ0) is 33.4. The van der Waals surface area contributed by atoms with Gasteiger partial charge in [0.25, 0.3) is 0 Å². The molecule has 0 radical (unpaired) electrons. The van der Waals surface area contributed by atoms with E-state index in [4.69, 9.17) is 4.98 Å². The Hall–Kier alpha value is -6.02. The predicted octanol–water partition coefficient (Wildman–Crippen LogP) is 7.74. The molecule has 1 fully saturated rings. The highest BCUT2D eigenvalue weighted by Crippen LogP contribution is 2.45. The summed E-state index contributed by atoms with van der Waals surface area (Å²) in [7, 11) is -6.07. The van der Waals surface area contributed by atoms with Crippen LogP contribution in [0.5, 0.6) is 0 Å². The van der Waals surface area contributed by atoms with Crippen LogP contribution in [0, 0.1) is 0 Å². The summed E-state index contributed by atoms with van der Waals surface area (Å²) >= 11 is 0. The molecule has 2 heterocycles. The third-order valence-corrected chi connectivity index (χ3v) is 22.0.